The molecule has 1 aliphatic rings. The van der Waals surface area contributed by atoms with E-state index in [0.717, 1.165) is 6.07 Å². The fraction of sp³-hybridized carbons (Fsp3) is 0.0800. The number of ether oxygens (including phenoxy) is 1. The summed E-state index contributed by atoms with van der Waals surface area (Å²) >= 11 is 0.595. The second-order valence-corrected chi connectivity index (χ2v) is 8.48. The van der Waals surface area contributed by atoms with E-state index < -0.39 is 52.6 Å². The molecule has 1 fully saturated rings. The van der Waals surface area contributed by atoms with Crippen LogP contribution in [-0.4, -0.2) is 28.5 Å². The average molecular weight is 516 g/mol. The number of carbonyl (C=O) groups excluding carboxylic acids is 3. The number of nitrogens with zero attached hydrogens (tertiary/aromatic N) is 1. The van der Waals surface area contributed by atoms with E-state index in [1.54, 1.807) is 42.5 Å². The Labute approximate surface area is 206 Å². The molecule has 11 heteroatoms. The van der Waals surface area contributed by atoms with Crippen LogP contribution in [-0.2, 0) is 16.2 Å². The standard InChI is InChI=1S/C25H16F4N2O4S/c26-17-7-2-1-5-15(17)13-35-16-6-3-4-14(10-16)11-20-24(33)31(25(34)36-20)12-21(32)30-19-9-8-18(27)22(28)23(19)29/h1-11H,12-13H2,(H,30,32)/b20-11+. The molecule has 36 heavy (non-hydrogen) atoms. The van der Waals surface area contributed by atoms with Gasteiger partial charge in [-0.2, -0.15) is 0 Å². The first-order valence-electron chi connectivity index (χ1n) is 10.4. The number of rotatable bonds is 7. The molecule has 184 valence electrons. The Morgan fingerprint density at radius 2 is 1.72 bits per heavy atom. The molecule has 4 rings (SSSR count). The summed E-state index contributed by atoms with van der Waals surface area (Å²) < 4.78 is 59.6. The van der Waals surface area contributed by atoms with E-state index in [0.29, 0.717) is 39.6 Å². The van der Waals surface area contributed by atoms with Gasteiger partial charge in [0.15, 0.2) is 17.5 Å². The van der Waals surface area contributed by atoms with Crippen molar-refractivity contribution in [3.8, 4) is 5.75 Å². The molecule has 0 aliphatic carbocycles. The van der Waals surface area contributed by atoms with Gasteiger partial charge >= 0.3 is 0 Å². The Kier molecular flexibility index (Phi) is 7.39. The van der Waals surface area contributed by atoms with Gasteiger partial charge in [-0.25, -0.2) is 17.6 Å². The third-order valence-corrected chi connectivity index (χ3v) is 5.90. The first-order chi connectivity index (χ1) is 17.2. The highest BCUT2D eigenvalue weighted by atomic mass is 32.2. The van der Waals surface area contributed by atoms with Gasteiger partial charge in [-0.15, -0.1) is 0 Å². The Hall–Kier alpha value is -4.12. The summed E-state index contributed by atoms with van der Waals surface area (Å²) in [4.78, 5) is 37.9. The van der Waals surface area contributed by atoms with Crippen LogP contribution in [0.25, 0.3) is 6.08 Å². The second kappa shape index (κ2) is 10.6. The summed E-state index contributed by atoms with van der Waals surface area (Å²) in [5.74, 6) is -6.53. The lowest BCUT2D eigenvalue weighted by molar-refractivity contribution is -0.127. The zero-order valence-corrected chi connectivity index (χ0v) is 19.1. The maximum atomic E-state index is 13.8. The maximum absolute atomic E-state index is 13.8. The Bertz CT molecular complexity index is 1400. The number of imide groups is 1. The van der Waals surface area contributed by atoms with Crippen molar-refractivity contribution in [2.45, 2.75) is 6.61 Å². The van der Waals surface area contributed by atoms with Crippen LogP contribution in [0.1, 0.15) is 11.1 Å². The molecule has 1 aliphatic heterocycles. The molecule has 3 amide bonds. The normalized spacial score (nSPS) is 14.4. The van der Waals surface area contributed by atoms with Gasteiger partial charge in [-0.3, -0.25) is 19.3 Å². The molecule has 0 atom stereocenters. The monoisotopic (exact) mass is 516 g/mol. The van der Waals surface area contributed by atoms with Gasteiger partial charge in [0, 0.05) is 5.56 Å². The van der Waals surface area contributed by atoms with Crippen LogP contribution in [0.3, 0.4) is 0 Å². The molecule has 0 radical (unpaired) electrons. The number of amides is 3. The van der Waals surface area contributed by atoms with Crippen LogP contribution < -0.4 is 10.1 Å². The molecule has 1 N–H and O–H groups in total. The van der Waals surface area contributed by atoms with E-state index in [2.05, 4.69) is 0 Å². The van der Waals surface area contributed by atoms with Crippen LogP contribution in [0.4, 0.5) is 28.0 Å². The van der Waals surface area contributed by atoms with E-state index in [-0.39, 0.29) is 11.5 Å². The van der Waals surface area contributed by atoms with Gasteiger partial charge in [0.2, 0.25) is 5.91 Å². The molecular weight excluding hydrogens is 500 g/mol. The van der Waals surface area contributed by atoms with E-state index >= 15 is 0 Å². The van der Waals surface area contributed by atoms with Crippen molar-refractivity contribution < 1.29 is 36.7 Å². The largest absolute Gasteiger partial charge is 0.489 e. The number of nitrogens with one attached hydrogen (secondary N) is 1. The molecule has 3 aromatic rings. The minimum absolute atomic E-state index is 0.0136. The highest BCUT2D eigenvalue weighted by Crippen LogP contribution is 2.32. The summed E-state index contributed by atoms with van der Waals surface area (Å²) in [6.07, 6.45) is 1.42. The lowest BCUT2D eigenvalue weighted by Gasteiger charge is -2.13. The van der Waals surface area contributed by atoms with Crippen LogP contribution in [0.15, 0.2) is 65.6 Å². The highest BCUT2D eigenvalue weighted by Gasteiger charge is 2.36. The Morgan fingerprint density at radius 3 is 2.50 bits per heavy atom. The number of thioether (sulfide) groups is 1. The van der Waals surface area contributed by atoms with Crippen molar-refractivity contribution in [2.75, 3.05) is 11.9 Å². The molecule has 6 nitrogen and oxygen atoms in total. The van der Waals surface area contributed by atoms with Crippen molar-refractivity contribution in [3.05, 3.63) is 100.0 Å². The van der Waals surface area contributed by atoms with Gasteiger partial charge in [-0.1, -0.05) is 30.3 Å². The van der Waals surface area contributed by atoms with E-state index in [4.69, 9.17) is 4.74 Å². The molecule has 1 heterocycles. The number of benzene rings is 3. The van der Waals surface area contributed by atoms with Crippen molar-refractivity contribution >= 4 is 40.6 Å². The van der Waals surface area contributed by atoms with E-state index in [9.17, 15) is 31.9 Å². The van der Waals surface area contributed by atoms with Gasteiger partial charge in [0.05, 0.1) is 10.6 Å². The van der Waals surface area contributed by atoms with E-state index in [1.165, 1.54) is 12.1 Å². The van der Waals surface area contributed by atoms with Gasteiger partial charge < -0.3 is 10.1 Å². The number of anilines is 1. The molecule has 3 aromatic carbocycles. The molecule has 0 spiro atoms. The summed E-state index contributed by atoms with van der Waals surface area (Å²) in [7, 11) is 0. The Balaban J connectivity index is 1.42. The Morgan fingerprint density at radius 1 is 0.944 bits per heavy atom. The van der Waals surface area contributed by atoms with Crippen LogP contribution in [0.2, 0.25) is 0 Å². The molecular formula is C25H16F4N2O4S. The smallest absolute Gasteiger partial charge is 0.294 e. The number of halogens is 4. The number of hydrogen-bond donors (Lipinski definition) is 1. The number of carbonyl (C=O) groups is 3. The summed E-state index contributed by atoms with van der Waals surface area (Å²) in [6.45, 7) is -0.771. The third-order valence-electron chi connectivity index (χ3n) is 4.99. The third kappa shape index (κ3) is 5.57. The highest BCUT2D eigenvalue weighted by molar-refractivity contribution is 8.18. The zero-order chi connectivity index (χ0) is 25.8. The molecule has 1 saturated heterocycles. The first kappa shape index (κ1) is 25.0. The minimum Gasteiger partial charge on any atom is -0.489 e. The molecule has 0 unspecified atom stereocenters. The SMILES string of the molecule is O=C(CN1C(=O)S/C(=C/c2cccc(OCc3ccccc3F)c2)C1=O)Nc1ccc(F)c(F)c1F. The molecule has 0 aromatic heterocycles. The topological polar surface area (TPSA) is 75.7 Å². The van der Waals surface area contributed by atoms with Crippen molar-refractivity contribution in [2.24, 2.45) is 0 Å². The predicted octanol–water partition coefficient (Wildman–Crippen LogP) is 5.50. The average Bonchev–Trinajstić information content (AvgIpc) is 3.11. The van der Waals surface area contributed by atoms with Crippen molar-refractivity contribution in [1.29, 1.82) is 0 Å². The molecule has 0 bridgehead atoms. The summed E-state index contributed by atoms with van der Waals surface area (Å²) in [5, 5.41) is 1.27. The van der Waals surface area contributed by atoms with Gasteiger partial charge in [-0.05, 0) is 53.7 Å². The quantitative estimate of drug-likeness (QED) is 0.255. The van der Waals surface area contributed by atoms with Crippen molar-refractivity contribution in [3.63, 3.8) is 0 Å². The van der Waals surface area contributed by atoms with Gasteiger partial charge in [0.1, 0.15) is 24.7 Å². The van der Waals surface area contributed by atoms with Crippen LogP contribution in [0.5, 0.6) is 5.75 Å². The molecule has 0 saturated carbocycles. The first-order valence-corrected chi connectivity index (χ1v) is 11.2. The summed E-state index contributed by atoms with van der Waals surface area (Å²) in [6, 6.07) is 14.1. The number of hydrogen-bond acceptors (Lipinski definition) is 5. The van der Waals surface area contributed by atoms with Crippen LogP contribution >= 0.6 is 11.8 Å². The fourth-order valence-corrected chi connectivity index (χ4v) is 4.05. The van der Waals surface area contributed by atoms with Crippen LogP contribution in [0, 0.1) is 23.3 Å². The lowest BCUT2D eigenvalue weighted by atomic mass is 10.2. The minimum atomic E-state index is -1.76. The lowest BCUT2D eigenvalue weighted by Crippen LogP contribution is -2.36. The van der Waals surface area contributed by atoms with Gasteiger partial charge in [0.25, 0.3) is 11.1 Å². The fourth-order valence-electron chi connectivity index (χ4n) is 3.21. The second-order valence-electron chi connectivity index (χ2n) is 7.49. The summed E-state index contributed by atoms with van der Waals surface area (Å²) in [5.41, 5.74) is 0.249. The maximum Gasteiger partial charge on any atom is 0.294 e. The zero-order valence-electron chi connectivity index (χ0n) is 18.3. The van der Waals surface area contributed by atoms with E-state index in [1.807, 2.05) is 5.32 Å². The predicted molar refractivity (Wildman–Crippen MR) is 125 cm³/mol. The van der Waals surface area contributed by atoms with Crippen molar-refractivity contribution in [1.82, 2.24) is 4.90 Å².